The van der Waals surface area contributed by atoms with Crippen molar-refractivity contribution in [2.24, 2.45) is 0 Å². The second-order valence-electron chi connectivity index (χ2n) is 5.89. The normalized spacial score (nSPS) is 15.2. The van der Waals surface area contributed by atoms with E-state index in [0.717, 1.165) is 0 Å². The molecule has 2 heterocycles. The summed E-state index contributed by atoms with van der Waals surface area (Å²) in [6, 6.07) is 0. The number of hydrogen-bond donors (Lipinski definition) is 1. The third-order valence-corrected chi connectivity index (χ3v) is 3.92. The average Bonchev–Trinajstić information content (AvgIpc) is 2.89. The summed E-state index contributed by atoms with van der Waals surface area (Å²) in [7, 11) is 1.27. The van der Waals surface area contributed by atoms with E-state index in [1.807, 2.05) is 4.90 Å². The van der Waals surface area contributed by atoms with Gasteiger partial charge in [0.05, 0.1) is 20.3 Å². The summed E-state index contributed by atoms with van der Waals surface area (Å²) in [4.78, 5) is 30.1. The lowest BCUT2D eigenvalue weighted by Gasteiger charge is -2.25. The Kier molecular flexibility index (Phi) is 5.42. The van der Waals surface area contributed by atoms with Gasteiger partial charge in [-0.15, -0.1) is 0 Å². The first-order valence-corrected chi connectivity index (χ1v) is 8.03. The van der Waals surface area contributed by atoms with Crippen molar-refractivity contribution in [1.82, 2.24) is 4.98 Å². The maximum atomic E-state index is 11.9. The Morgan fingerprint density at radius 1 is 1.30 bits per heavy atom. The van der Waals surface area contributed by atoms with Crippen molar-refractivity contribution in [2.45, 2.75) is 26.4 Å². The largest absolute Gasteiger partial charge is 0.464 e. The van der Waals surface area contributed by atoms with Crippen LogP contribution >= 0.6 is 11.3 Å². The molecule has 0 spiro atoms. The fraction of sp³-hybridized carbons (Fsp3) is 0.643. The van der Waals surface area contributed by atoms with Crippen molar-refractivity contribution in [1.29, 1.82) is 0 Å². The van der Waals surface area contributed by atoms with Gasteiger partial charge in [0, 0.05) is 13.1 Å². The monoisotopic (exact) mass is 343 g/mol. The number of amides is 1. The minimum atomic E-state index is -0.639. The standard InChI is InChI=1S/C14H21N3O5S/c1-14(2,3)22-13(19)16-10-9(11(18)20-4)15-12(23-10)17-5-7-21-8-6-17/h5-8H2,1-4H3,(H,16,19). The van der Waals surface area contributed by atoms with Crippen LogP contribution in [0, 0.1) is 0 Å². The van der Waals surface area contributed by atoms with E-state index in [-0.39, 0.29) is 5.69 Å². The first-order valence-electron chi connectivity index (χ1n) is 7.22. The summed E-state index contributed by atoms with van der Waals surface area (Å²) in [5.41, 5.74) is -0.558. The first kappa shape index (κ1) is 17.5. The van der Waals surface area contributed by atoms with Crippen LogP contribution in [0.1, 0.15) is 31.3 Å². The van der Waals surface area contributed by atoms with Crippen LogP contribution in [0.5, 0.6) is 0 Å². The van der Waals surface area contributed by atoms with E-state index in [2.05, 4.69) is 10.3 Å². The molecule has 0 saturated carbocycles. The third kappa shape index (κ3) is 4.80. The Balaban J connectivity index is 2.20. The number of nitrogens with zero attached hydrogens (tertiary/aromatic N) is 2. The molecule has 1 aromatic rings. The van der Waals surface area contributed by atoms with Gasteiger partial charge in [-0.3, -0.25) is 5.32 Å². The maximum Gasteiger partial charge on any atom is 0.412 e. The average molecular weight is 343 g/mol. The molecule has 1 saturated heterocycles. The van der Waals surface area contributed by atoms with Crippen molar-refractivity contribution in [3.8, 4) is 0 Å². The molecule has 128 valence electrons. The highest BCUT2D eigenvalue weighted by atomic mass is 32.1. The number of aromatic nitrogens is 1. The molecule has 0 aromatic carbocycles. The number of carbonyl (C=O) groups excluding carboxylic acids is 2. The van der Waals surface area contributed by atoms with Crippen molar-refractivity contribution >= 4 is 33.5 Å². The van der Waals surface area contributed by atoms with Gasteiger partial charge in [0.2, 0.25) is 0 Å². The van der Waals surface area contributed by atoms with Crippen LogP contribution in [0.4, 0.5) is 14.9 Å². The molecule has 0 radical (unpaired) electrons. The zero-order valence-electron chi connectivity index (χ0n) is 13.7. The third-order valence-electron chi connectivity index (χ3n) is 2.89. The number of anilines is 2. The number of nitrogens with one attached hydrogen (secondary N) is 1. The minimum Gasteiger partial charge on any atom is -0.464 e. The Hall–Kier alpha value is -1.87. The molecule has 1 N–H and O–H groups in total. The molecule has 2 rings (SSSR count). The van der Waals surface area contributed by atoms with Gasteiger partial charge >= 0.3 is 12.1 Å². The van der Waals surface area contributed by atoms with Crippen LogP contribution < -0.4 is 10.2 Å². The summed E-state index contributed by atoms with van der Waals surface area (Å²) in [6.07, 6.45) is -0.639. The van der Waals surface area contributed by atoms with E-state index >= 15 is 0 Å². The quantitative estimate of drug-likeness (QED) is 0.841. The lowest BCUT2D eigenvalue weighted by molar-refractivity contribution is 0.0596. The fourth-order valence-electron chi connectivity index (χ4n) is 1.91. The molecule has 8 nitrogen and oxygen atoms in total. The van der Waals surface area contributed by atoms with Gasteiger partial charge < -0.3 is 19.1 Å². The zero-order chi connectivity index (χ0) is 17.0. The fourth-order valence-corrected chi connectivity index (χ4v) is 2.91. The highest BCUT2D eigenvalue weighted by molar-refractivity contribution is 7.20. The topological polar surface area (TPSA) is 90.0 Å². The van der Waals surface area contributed by atoms with Crippen molar-refractivity contribution in [2.75, 3.05) is 43.6 Å². The van der Waals surface area contributed by atoms with E-state index < -0.39 is 17.7 Å². The highest BCUT2D eigenvalue weighted by Gasteiger charge is 2.25. The lowest BCUT2D eigenvalue weighted by Crippen LogP contribution is -2.36. The van der Waals surface area contributed by atoms with Crippen LogP contribution in [0.15, 0.2) is 0 Å². The van der Waals surface area contributed by atoms with Crippen LogP contribution in [-0.4, -0.2) is 56.1 Å². The van der Waals surface area contributed by atoms with Crippen LogP contribution in [0.25, 0.3) is 0 Å². The second kappa shape index (κ2) is 7.14. The molecule has 0 atom stereocenters. The number of ether oxygens (including phenoxy) is 3. The van der Waals surface area contributed by atoms with Gasteiger partial charge in [0.15, 0.2) is 10.8 Å². The Morgan fingerprint density at radius 3 is 2.52 bits per heavy atom. The van der Waals surface area contributed by atoms with Gasteiger partial charge in [0.25, 0.3) is 0 Å². The van der Waals surface area contributed by atoms with E-state index in [1.54, 1.807) is 20.8 Å². The van der Waals surface area contributed by atoms with E-state index in [1.165, 1.54) is 18.4 Å². The predicted molar refractivity (Wildman–Crippen MR) is 86.3 cm³/mol. The van der Waals surface area contributed by atoms with Crippen LogP contribution in [0.2, 0.25) is 0 Å². The number of morpholine rings is 1. The molecule has 9 heteroatoms. The molecule has 0 aliphatic carbocycles. The molecule has 1 aliphatic heterocycles. The number of carbonyl (C=O) groups is 2. The smallest absolute Gasteiger partial charge is 0.412 e. The molecule has 1 fully saturated rings. The van der Waals surface area contributed by atoms with Crippen LogP contribution in [0.3, 0.4) is 0 Å². The summed E-state index contributed by atoms with van der Waals surface area (Å²) >= 11 is 1.21. The van der Waals surface area contributed by atoms with E-state index in [4.69, 9.17) is 14.2 Å². The Morgan fingerprint density at radius 2 is 1.96 bits per heavy atom. The zero-order valence-corrected chi connectivity index (χ0v) is 14.5. The maximum absolute atomic E-state index is 11.9. The van der Waals surface area contributed by atoms with Gasteiger partial charge in [-0.05, 0) is 20.8 Å². The van der Waals surface area contributed by atoms with Crippen molar-refractivity contribution in [3.63, 3.8) is 0 Å². The molecular weight excluding hydrogens is 322 g/mol. The van der Waals surface area contributed by atoms with Crippen molar-refractivity contribution in [3.05, 3.63) is 5.69 Å². The highest BCUT2D eigenvalue weighted by Crippen LogP contribution is 2.32. The number of thiazole rings is 1. The predicted octanol–water partition coefficient (Wildman–Crippen LogP) is 2.11. The molecule has 1 aliphatic rings. The summed E-state index contributed by atoms with van der Waals surface area (Å²) in [5.74, 6) is -0.605. The van der Waals surface area contributed by atoms with Crippen molar-refractivity contribution < 1.29 is 23.8 Å². The van der Waals surface area contributed by atoms with Gasteiger partial charge in [0.1, 0.15) is 10.6 Å². The molecule has 0 bridgehead atoms. The molecule has 1 aromatic heterocycles. The van der Waals surface area contributed by atoms with Gasteiger partial charge in [-0.2, -0.15) is 0 Å². The molecule has 1 amide bonds. The number of hydrogen-bond acceptors (Lipinski definition) is 8. The molecule has 23 heavy (non-hydrogen) atoms. The molecule has 0 unspecified atom stereocenters. The summed E-state index contributed by atoms with van der Waals surface area (Å²) in [6.45, 7) is 7.85. The Bertz CT molecular complexity index is 575. The number of rotatable bonds is 3. The minimum absolute atomic E-state index is 0.0739. The number of esters is 1. The van der Waals surface area contributed by atoms with Crippen LogP contribution in [-0.2, 0) is 14.2 Å². The van der Waals surface area contributed by atoms with Gasteiger partial charge in [-0.1, -0.05) is 11.3 Å². The summed E-state index contributed by atoms with van der Waals surface area (Å²) in [5, 5.41) is 3.53. The Labute approximate surface area is 138 Å². The second-order valence-corrected chi connectivity index (χ2v) is 6.87. The SMILES string of the molecule is COC(=O)c1nc(N2CCOCC2)sc1NC(=O)OC(C)(C)C. The lowest BCUT2D eigenvalue weighted by atomic mass is 10.2. The van der Waals surface area contributed by atoms with E-state index in [0.29, 0.717) is 36.4 Å². The van der Waals surface area contributed by atoms with E-state index in [9.17, 15) is 9.59 Å². The first-order chi connectivity index (χ1) is 10.8. The molecular formula is C14H21N3O5S. The van der Waals surface area contributed by atoms with Gasteiger partial charge in [-0.25, -0.2) is 14.6 Å². The number of methoxy groups -OCH3 is 1. The summed E-state index contributed by atoms with van der Waals surface area (Å²) < 4.78 is 15.2.